The van der Waals surface area contributed by atoms with Gasteiger partial charge in [-0.05, 0) is 31.0 Å². The molecule has 0 amide bonds. The lowest BCUT2D eigenvalue weighted by Crippen LogP contribution is -2.16. The van der Waals surface area contributed by atoms with Crippen molar-refractivity contribution in [1.29, 1.82) is 0 Å². The van der Waals surface area contributed by atoms with Crippen molar-refractivity contribution in [2.45, 2.75) is 19.3 Å². The van der Waals surface area contributed by atoms with Crippen LogP contribution in [0.2, 0.25) is 0 Å². The number of halogens is 2. The highest BCUT2D eigenvalue weighted by Crippen LogP contribution is 2.20. The Morgan fingerprint density at radius 2 is 2.20 bits per heavy atom. The summed E-state index contributed by atoms with van der Waals surface area (Å²) in [6.07, 6.45) is 3.17. The summed E-state index contributed by atoms with van der Waals surface area (Å²) in [6.45, 7) is 0.848. The minimum Gasteiger partial charge on any atom is -0.342 e. The summed E-state index contributed by atoms with van der Waals surface area (Å²) < 4.78 is 14.2. The maximum atomic E-state index is 13.5. The van der Waals surface area contributed by atoms with Gasteiger partial charge in [0.15, 0.2) is 0 Å². The Balaban J connectivity index is 2.13. The van der Waals surface area contributed by atoms with E-state index >= 15 is 0 Å². The van der Waals surface area contributed by atoms with Crippen molar-refractivity contribution in [2.24, 2.45) is 4.99 Å². The van der Waals surface area contributed by atoms with Crippen LogP contribution in [0.4, 0.5) is 10.1 Å². The third-order valence-electron chi connectivity index (χ3n) is 2.33. The molecule has 0 saturated carbocycles. The number of hydrogen-bond donors (Lipinski definition) is 1. The van der Waals surface area contributed by atoms with Crippen molar-refractivity contribution in [3.05, 3.63) is 28.5 Å². The molecule has 80 valence electrons. The molecule has 1 N–H and O–H groups in total. The first-order valence-electron chi connectivity index (χ1n) is 5.01. The summed E-state index contributed by atoms with van der Waals surface area (Å²) in [4.78, 5) is 4.32. The van der Waals surface area contributed by atoms with Crippen molar-refractivity contribution in [1.82, 2.24) is 0 Å². The molecule has 0 spiro atoms. The topological polar surface area (TPSA) is 24.4 Å². The first-order valence-corrected chi connectivity index (χ1v) is 5.80. The quantitative estimate of drug-likeness (QED) is 0.829. The smallest absolute Gasteiger partial charge is 0.147 e. The summed E-state index contributed by atoms with van der Waals surface area (Å²) in [7, 11) is 0. The molecule has 0 bridgehead atoms. The van der Waals surface area contributed by atoms with E-state index in [1.807, 2.05) is 6.07 Å². The maximum absolute atomic E-state index is 13.5. The summed E-state index contributed by atoms with van der Waals surface area (Å²) >= 11 is 3.22. The zero-order chi connectivity index (χ0) is 10.7. The second-order valence-corrected chi connectivity index (χ2v) is 4.45. The van der Waals surface area contributed by atoms with Gasteiger partial charge in [0.25, 0.3) is 0 Å². The number of aliphatic imine (C=N–C) groups is 1. The fraction of sp³-hybridized carbons (Fsp3) is 0.364. The van der Waals surface area contributed by atoms with Crippen LogP contribution in [-0.2, 0) is 0 Å². The first-order chi connectivity index (χ1) is 7.25. The number of nitrogens with one attached hydrogen (secondary N) is 1. The van der Waals surface area contributed by atoms with Gasteiger partial charge in [0, 0.05) is 17.4 Å². The van der Waals surface area contributed by atoms with Crippen LogP contribution in [0.3, 0.4) is 0 Å². The molecular formula is C11H12BrFN2. The van der Waals surface area contributed by atoms with Crippen molar-refractivity contribution >= 4 is 27.5 Å². The van der Waals surface area contributed by atoms with Gasteiger partial charge in [-0.15, -0.1) is 0 Å². The highest BCUT2D eigenvalue weighted by atomic mass is 79.9. The minimum atomic E-state index is -0.252. The van der Waals surface area contributed by atoms with Gasteiger partial charge in [0.2, 0.25) is 0 Å². The lowest BCUT2D eigenvalue weighted by Gasteiger charge is -2.14. The monoisotopic (exact) mass is 270 g/mol. The molecule has 1 aromatic rings. The van der Waals surface area contributed by atoms with Crippen molar-refractivity contribution in [2.75, 3.05) is 11.9 Å². The molecule has 0 aromatic heterocycles. The molecule has 0 unspecified atom stereocenters. The molecule has 2 nitrogen and oxygen atoms in total. The SMILES string of the molecule is Fc1cc(Br)ccc1NC1=NCCCC1. The molecule has 0 atom stereocenters. The van der Waals surface area contributed by atoms with Crippen LogP contribution >= 0.6 is 15.9 Å². The number of nitrogens with zero attached hydrogens (tertiary/aromatic N) is 1. The number of anilines is 1. The number of benzene rings is 1. The van der Waals surface area contributed by atoms with E-state index in [9.17, 15) is 4.39 Å². The van der Waals surface area contributed by atoms with Crippen LogP contribution in [0.25, 0.3) is 0 Å². The number of hydrogen-bond acceptors (Lipinski definition) is 2. The molecule has 0 aliphatic carbocycles. The molecule has 2 rings (SSSR count). The maximum Gasteiger partial charge on any atom is 0.147 e. The zero-order valence-electron chi connectivity index (χ0n) is 8.26. The van der Waals surface area contributed by atoms with Crippen molar-refractivity contribution in [3.63, 3.8) is 0 Å². The van der Waals surface area contributed by atoms with E-state index < -0.39 is 0 Å². The van der Waals surface area contributed by atoms with E-state index in [-0.39, 0.29) is 5.82 Å². The average Bonchev–Trinajstić information content (AvgIpc) is 2.24. The lowest BCUT2D eigenvalue weighted by molar-refractivity contribution is 0.631. The molecule has 0 fully saturated rings. The molecule has 0 saturated heterocycles. The Hall–Kier alpha value is -0.900. The second kappa shape index (κ2) is 4.75. The number of rotatable bonds is 1. The van der Waals surface area contributed by atoms with Gasteiger partial charge in [0.05, 0.1) is 5.69 Å². The van der Waals surface area contributed by atoms with Gasteiger partial charge in [-0.1, -0.05) is 15.9 Å². The molecule has 1 heterocycles. The van der Waals surface area contributed by atoms with Crippen LogP contribution in [0.1, 0.15) is 19.3 Å². The van der Waals surface area contributed by atoms with Gasteiger partial charge in [-0.3, -0.25) is 4.99 Å². The first kappa shape index (κ1) is 10.6. The van der Waals surface area contributed by atoms with E-state index in [4.69, 9.17) is 0 Å². The van der Waals surface area contributed by atoms with Crippen LogP contribution in [0.5, 0.6) is 0 Å². The third kappa shape index (κ3) is 2.78. The molecule has 1 aromatic carbocycles. The molecule has 1 aliphatic rings. The molecule has 1 aliphatic heterocycles. The standard InChI is InChI=1S/C11H12BrFN2/c12-8-4-5-10(9(13)7-8)15-11-3-1-2-6-14-11/h4-5,7H,1-3,6H2,(H,14,15). The Morgan fingerprint density at radius 3 is 2.87 bits per heavy atom. The lowest BCUT2D eigenvalue weighted by atomic mass is 10.2. The Kier molecular flexibility index (Phi) is 3.36. The highest BCUT2D eigenvalue weighted by Gasteiger charge is 2.08. The van der Waals surface area contributed by atoms with Crippen LogP contribution in [-0.4, -0.2) is 12.4 Å². The van der Waals surface area contributed by atoms with E-state index in [2.05, 4.69) is 26.2 Å². The van der Waals surface area contributed by atoms with E-state index in [0.717, 1.165) is 36.1 Å². The van der Waals surface area contributed by atoms with E-state index in [1.54, 1.807) is 6.07 Å². The summed E-state index contributed by atoms with van der Waals surface area (Å²) in [6, 6.07) is 4.98. The highest BCUT2D eigenvalue weighted by molar-refractivity contribution is 9.10. The third-order valence-corrected chi connectivity index (χ3v) is 2.83. The van der Waals surface area contributed by atoms with Gasteiger partial charge in [-0.25, -0.2) is 4.39 Å². The van der Waals surface area contributed by atoms with Crippen LogP contribution < -0.4 is 5.32 Å². The fourth-order valence-electron chi connectivity index (χ4n) is 1.55. The Bertz CT molecular complexity index is 390. The predicted molar refractivity (Wildman–Crippen MR) is 63.9 cm³/mol. The average molecular weight is 271 g/mol. The fourth-order valence-corrected chi connectivity index (χ4v) is 1.88. The molecule has 4 heteroatoms. The van der Waals surface area contributed by atoms with E-state index in [0.29, 0.717) is 5.69 Å². The normalized spacial score (nSPS) is 16.0. The summed E-state index contributed by atoms with van der Waals surface area (Å²) in [5, 5.41) is 3.03. The molecule has 0 radical (unpaired) electrons. The van der Waals surface area contributed by atoms with Gasteiger partial charge >= 0.3 is 0 Å². The predicted octanol–water partition coefficient (Wildman–Crippen LogP) is 3.58. The zero-order valence-corrected chi connectivity index (χ0v) is 9.85. The van der Waals surface area contributed by atoms with Crippen molar-refractivity contribution < 1.29 is 4.39 Å². The minimum absolute atomic E-state index is 0.252. The molecule has 15 heavy (non-hydrogen) atoms. The summed E-state index contributed by atoms with van der Waals surface area (Å²) in [5.74, 6) is 0.639. The second-order valence-electron chi connectivity index (χ2n) is 3.53. The van der Waals surface area contributed by atoms with E-state index in [1.165, 1.54) is 6.07 Å². The van der Waals surface area contributed by atoms with Gasteiger partial charge in [0.1, 0.15) is 11.7 Å². The molecular weight excluding hydrogens is 259 g/mol. The van der Waals surface area contributed by atoms with Crippen molar-refractivity contribution in [3.8, 4) is 0 Å². The van der Waals surface area contributed by atoms with Gasteiger partial charge < -0.3 is 5.32 Å². The summed E-state index contributed by atoms with van der Waals surface area (Å²) in [5.41, 5.74) is 0.499. The Labute approximate surface area is 96.7 Å². The van der Waals surface area contributed by atoms with Crippen LogP contribution in [0.15, 0.2) is 27.7 Å². The number of amidine groups is 1. The largest absolute Gasteiger partial charge is 0.342 e. The Morgan fingerprint density at radius 1 is 1.33 bits per heavy atom. The van der Waals surface area contributed by atoms with Gasteiger partial charge in [-0.2, -0.15) is 0 Å². The van der Waals surface area contributed by atoms with Crippen LogP contribution in [0, 0.1) is 5.82 Å².